The lowest BCUT2D eigenvalue weighted by molar-refractivity contribution is 0.0737. The van der Waals surface area contributed by atoms with Gasteiger partial charge in [-0.3, -0.25) is 9.78 Å². The van der Waals surface area contributed by atoms with Crippen molar-refractivity contribution in [2.45, 2.75) is 25.8 Å². The van der Waals surface area contributed by atoms with E-state index in [-0.39, 0.29) is 11.9 Å². The molecule has 0 aliphatic carbocycles. The SMILES string of the molecule is CNc1cncc([C@H]2CCCN2C(=O)c2sccc2C)n1. The lowest BCUT2D eigenvalue weighted by Gasteiger charge is -2.24. The first-order chi connectivity index (χ1) is 10.2. The summed E-state index contributed by atoms with van der Waals surface area (Å²) in [5, 5.41) is 4.96. The standard InChI is InChI=1S/C15H18N4OS/c1-10-5-7-21-14(10)15(20)19-6-3-4-12(19)11-8-17-9-13(16-2)18-11/h5,7-9,12H,3-4,6H2,1-2H3,(H,16,18)/t12-/m1/s1. The van der Waals surface area contributed by atoms with Crippen LogP contribution in [0.4, 0.5) is 5.82 Å². The van der Waals surface area contributed by atoms with Crippen molar-refractivity contribution in [3.8, 4) is 0 Å². The smallest absolute Gasteiger partial charge is 0.264 e. The van der Waals surface area contributed by atoms with Crippen LogP contribution in [-0.4, -0.2) is 34.4 Å². The predicted molar refractivity (Wildman–Crippen MR) is 83.6 cm³/mol. The zero-order valence-electron chi connectivity index (χ0n) is 12.2. The molecule has 1 atom stereocenters. The molecule has 5 nitrogen and oxygen atoms in total. The van der Waals surface area contributed by atoms with Crippen molar-refractivity contribution in [1.82, 2.24) is 14.9 Å². The topological polar surface area (TPSA) is 58.1 Å². The number of anilines is 1. The summed E-state index contributed by atoms with van der Waals surface area (Å²) in [7, 11) is 1.82. The maximum Gasteiger partial charge on any atom is 0.264 e. The monoisotopic (exact) mass is 302 g/mol. The van der Waals surface area contributed by atoms with Crippen LogP contribution in [0.1, 0.15) is 39.8 Å². The first-order valence-electron chi connectivity index (χ1n) is 7.05. The average molecular weight is 302 g/mol. The zero-order valence-corrected chi connectivity index (χ0v) is 13.0. The van der Waals surface area contributed by atoms with Crippen molar-refractivity contribution in [2.24, 2.45) is 0 Å². The molecule has 1 amide bonds. The Bertz CT molecular complexity index is 655. The maximum atomic E-state index is 12.7. The van der Waals surface area contributed by atoms with E-state index in [2.05, 4.69) is 15.3 Å². The number of rotatable bonds is 3. The summed E-state index contributed by atoms with van der Waals surface area (Å²) < 4.78 is 0. The highest BCUT2D eigenvalue weighted by Crippen LogP contribution is 2.33. The number of hydrogen-bond acceptors (Lipinski definition) is 5. The number of likely N-dealkylation sites (tertiary alicyclic amines) is 1. The highest BCUT2D eigenvalue weighted by Gasteiger charge is 2.32. The molecule has 1 aliphatic rings. The minimum absolute atomic E-state index is 0.0276. The Kier molecular flexibility index (Phi) is 3.88. The second kappa shape index (κ2) is 5.81. The quantitative estimate of drug-likeness (QED) is 0.947. The van der Waals surface area contributed by atoms with Gasteiger partial charge in [0.25, 0.3) is 5.91 Å². The summed E-state index contributed by atoms with van der Waals surface area (Å²) in [5.74, 6) is 0.848. The van der Waals surface area contributed by atoms with Gasteiger partial charge in [-0.15, -0.1) is 11.3 Å². The molecule has 1 N–H and O–H groups in total. The fraction of sp³-hybridized carbons (Fsp3) is 0.400. The molecule has 0 bridgehead atoms. The molecule has 3 rings (SSSR count). The van der Waals surface area contributed by atoms with Gasteiger partial charge in [-0.2, -0.15) is 0 Å². The Morgan fingerprint density at radius 2 is 2.33 bits per heavy atom. The Morgan fingerprint density at radius 1 is 1.48 bits per heavy atom. The first-order valence-corrected chi connectivity index (χ1v) is 7.93. The first kappa shape index (κ1) is 14.0. The number of nitrogens with one attached hydrogen (secondary N) is 1. The fourth-order valence-corrected chi connectivity index (χ4v) is 3.58. The molecule has 0 radical (unpaired) electrons. The van der Waals surface area contributed by atoms with Gasteiger partial charge in [-0.1, -0.05) is 0 Å². The number of amides is 1. The van der Waals surface area contributed by atoms with Crippen LogP contribution >= 0.6 is 11.3 Å². The molecule has 6 heteroatoms. The molecule has 21 heavy (non-hydrogen) atoms. The third-order valence-electron chi connectivity index (χ3n) is 3.82. The van der Waals surface area contributed by atoms with Gasteiger partial charge >= 0.3 is 0 Å². The van der Waals surface area contributed by atoms with Gasteiger partial charge in [0.15, 0.2) is 0 Å². The lowest BCUT2D eigenvalue weighted by Crippen LogP contribution is -2.31. The van der Waals surface area contributed by atoms with Crippen LogP contribution in [-0.2, 0) is 0 Å². The van der Waals surface area contributed by atoms with E-state index in [1.807, 2.05) is 30.3 Å². The summed E-state index contributed by atoms with van der Waals surface area (Å²) in [5.41, 5.74) is 1.91. The normalized spacial score (nSPS) is 18.0. The van der Waals surface area contributed by atoms with Crippen molar-refractivity contribution in [3.63, 3.8) is 0 Å². The second-order valence-electron chi connectivity index (χ2n) is 5.17. The Hall–Kier alpha value is -1.95. The van der Waals surface area contributed by atoms with Gasteiger partial charge in [-0.05, 0) is 36.8 Å². The van der Waals surface area contributed by atoms with E-state index >= 15 is 0 Å². The summed E-state index contributed by atoms with van der Waals surface area (Å²) in [6, 6.07) is 2.02. The number of carbonyl (C=O) groups excluding carboxylic acids is 1. The van der Waals surface area contributed by atoms with Gasteiger partial charge in [0, 0.05) is 13.6 Å². The van der Waals surface area contributed by atoms with Crippen molar-refractivity contribution in [1.29, 1.82) is 0 Å². The summed E-state index contributed by atoms with van der Waals surface area (Å²) in [4.78, 5) is 24.3. The summed E-state index contributed by atoms with van der Waals surface area (Å²) >= 11 is 1.51. The maximum absolute atomic E-state index is 12.7. The van der Waals surface area contributed by atoms with Gasteiger partial charge in [-0.25, -0.2) is 4.98 Å². The molecule has 0 aromatic carbocycles. The van der Waals surface area contributed by atoms with Gasteiger partial charge < -0.3 is 10.2 Å². The van der Waals surface area contributed by atoms with Gasteiger partial charge in [0.05, 0.1) is 29.0 Å². The second-order valence-corrected chi connectivity index (χ2v) is 6.08. The van der Waals surface area contributed by atoms with Gasteiger partial charge in [0.1, 0.15) is 5.82 Å². The highest BCUT2D eigenvalue weighted by atomic mass is 32.1. The van der Waals surface area contributed by atoms with E-state index in [0.717, 1.165) is 41.3 Å². The lowest BCUT2D eigenvalue weighted by atomic mass is 10.1. The van der Waals surface area contributed by atoms with Crippen molar-refractivity contribution >= 4 is 23.1 Å². The van der Waals surface area contributed by atoms with Crippen LogP contribution < -0.4 is 5.32 Å². The van der Waals surface area contributed by atoms with Crippen molar-refractivity contribution < 1.29 is 4.79 Å². The molecule has 2 aromatic heterocycles. The molecule has 2 aromatic rings. The molecule has 3 heterocycles. The van der Waals surface area contributed by atoms with Crippen LogP contribution in [0.25, 0.3) is 0 Å². The largest absolute Gasteiger partial charge is 0.372 e. The van der Waals surface area contributed by atoms with Crippen LogP contribution in [0.3, 0.4) is 0 Å². The van der Waals surface area contributed by atoms with E-state index in [1.165, 1.54) is 11.3 Å². The highest BCUT2D eigenvalue weighted by molar-refractivity contribution is 7.12. The molecule has 110 valence electrons. The van der Waals surface area contributed by atoms with E-state index in [1.54, 1.807) is 12.4 Å². The van der Waals surface area contributed by atoms with Crippen LogP contribution in [0, 0.1) is 6.92 Å². The average Bonchev–Trinajstić information content (AvgIpc) is 3.15. The third kappa shape index (κ3) is 2.63. The molecule has 1 saturated heterocycles. The predicted octanol–water partition coefficient (Wildman–Crippen LogP) is 2.87. The molecule has 0 saturated carbocycles. The summed E-state index contributed by atoms with van der Waals surface area (Å²) in [6.45, 7) is 2.77. The molecule has 1 fully saturated rings. The minimum atomic E-state index is 0.0276. The molecule has 1 aliphatic heterocycles. The van der Waals surface area contributed by atoms with Gasteiger partial charge in [0.2, 0.25) is 0 Å². The van der Waals surface area contributed by atoms with Crippen molar-refractivity contribution in [2.75, 3.05) is 18.9 Å². The third-order valence-corrected chi connectivity index (χ3v) is 4.83. The molecular formula is C15H18N4OS. The number of aryl methyl sites for hydroxylation is 1. The summed E-state index contributed by atoms with van der Waals surface area (Å²) in [6.07, 6.45) is 5.40. The van der Waals surface area contributed by atoms with Crippen molar-refractivity contribution in [3.05, 3.63) is 40.0 Å². The number of carbonyl (C=O) groups is 1. The number of nitrogens with zero attached hydrogens (tertiary/aromatic N) is 3. The Labute approximate surface area is 128 Å². The number of hydrogen-bond donors (Lipinski definition) is 1. The number of thiophene rings is 1. The molecule has 0 spiro atoms. The Balaban J connectivity index is 1.88. The van der Waals surface area contributed by atoms with Crippen LogP contribution in [0.15, 0.2) is 23.8 Å². The van der Waals surface area contributed by atoms with E-state index in [4.69, 9.17) is 0 Å². The van der Waals surface area contributed by atoms with E-state index < -0.39 is 0 Å². The molecular weight excluding hydrogens is 284 g/mol. The van der Waals surface area contributed by atoms with Crippen LogP contribution in [0.2, 0.25) is 0 Å². The number of aromatic nitrogens is 2. The Morgan fingerprint density at radius 3 is 3.05 bits per heavy atom. The van der Waals surface area contributed by atoms with E-state index in [0.29, 0.717) is 0 Å². The van der Waals surface area contributed by atoms with E-state index in [9.17, 15) is 4.79 Å². The fourth-order valence-electron chi connectivity index (χ4n) is 2.70. The minimum Gasteiger partial charge on any atom is -0.372 e. The zero-order chi connectivity index (χ0) is 14.8. The van der Waals surface area contributed by atoms with Crippen LogP contribution in [0.5, 0.6) is 0 Å². The molecule has 0 unspecified atom stereocenters.